The Morgan fingerprint density at radius 1 is 1.37 bits per heavy atom. The quantitative estimate of drug-likeness (QED) is 0.825. The Morgan fingerprint density at radius 3 is 2.58 bits per heavy atom. The second-order valence-electron chi connectivity index (χ2n) is 5.23. The number of hydrogen-bond donors (Lipinski definition) is 2. The van der Waals surface area contributed by atoms with E-state index in [1.807, 2.05) is 12.1 Å². The number of para-hydroxylation sites is 1. The van der Waals surface area contributed by atoms with Crippen LogP contribution in [0.4, 0.5) is 0 Å². The molecule has 0 aromatic heterocycles. The Hall–Kier alpha value is -1.75. The summed E-state index contributed by atoms with van der Waals surface area (Å²) in [4.78, 5) is 10.6. The normalized spacial score (nSPS) is 11.2. The predicted molar refractivity (Wildman–Crippen MR) is 72.7 cm³/mol. The summed E-state index contributed by atoms with van der Waals surface area (Å²) >= 11 is 0. The first-order valence-electron chi connectivity index (χ1n) is 6.09. The molecule has 1 rings (SSSR count). The minimum absolute atomic E-state index is 0.0346. The van der Waals surface area contributed by atoms with Gasteiger partial charge in [-0.15, -0.1) is 0 Å². The van der Waals surface area contributed by atoms with Gasteiger partial charge in [0.05, 0.1) is 7.11 Å². The summed E-state index contributed by atoms with van der Waals surface area (Å²) in [6.45, 7) is 6.37. The maximum Gasteiger partial charge on any atom is 0.341 e. The van der Waals surface area contributed by atoms with Crippen molar-refractivity contribution in [3.63, 3.8) is 0 Å². The number of carbonyl (C=O) groups is 1. The highest BCUT2D eigenvalue weighted by molar-refractivity contribution is 5.68. The lowest BCUT2D eigenvalue weighted by molar-refractivity contribution is -0.139. The molecule has 0 atom stereocenters. The zero-order valence-corrected chi connectivity index (χ0v) is 11.8. The van der Waals surface area contributed by atoms with Crippen LogP contribution in [0.25, 0.3) is 0 Å². The Bertz CT molecular complexity index is 438. The molecule has 0 heterocycles. The molecule has 0 aliphatic carbocycles. The van der Waals surface area contributed by atoms with Crippen molar-refractivity contribution in [2.75, 3.05) is 13.7 Å². The molecular formula is C14H21NO4. The number of nitrogens with one attached hydrogen (secondary N) is 1. The van der Waals surface area contributed by atoms with Crippen molar-refractivity contribution in [1.82, 2.24) is 5.32 Å². The van der Waals surface area contributed by atoms with E-state index in [1.165, 1.54) is 7.11 Å². The van der Waals surface area contributed by atoms with E-state index in [0.29, 0.717) is 18.0 Å². The molecule has 0 fully saturated rings. The summed E-state index contributed by atoms with van der Waals surface area (Å²) < 4.78 is 10.5. The summed E-state index contributed by atoms with van der Waals surface area (Å²) in [6, 6.07) is 5.49. The summed E-state index contributed by atoms with van der Waals surface area (Å²) in [6.07, 6.45) is 0. The Labute approximate surface area is 113 Å². The fourth-order valence-electron chi connectivity index (χ4n) is 1.52. The lowest BCUT2D eigenvalue weighted by atomic mass is 10.1. The smallest absolute Gasteiger partial charge is 0.341 e. The summed E-state index contributed by atoms with van der Waals surface area (Å²) in [5.74, 6) is -0.000698. The van der Waals surface area contributed by atoms with Crippen LogP contribution in [0.5, 0.6) is 11.5 Å². The van der Waals surface area contributed by atoms with Crippen LogP contribution in [0.2, 0.25) is 0 Å². The number of methoxy groups -OCH3 is 1. The Balaban J connectivity index is 2.91. The number of hydrogen-bond acceptors (Lipinski definition) is 4. The highest BCUT2D eigenvalue weighted by Crippen LogP contribution is 2.31. The number of aliphatic carboxylic acids is 1. The average Bonchev–Trinajstić information content (AvgIpc) is 2.32. The molecule has 2 N–H and O–H groups in total. The summed E-state index contributed by atoms with van der Waals surface area (Å²) in [7, 11) is 1.53. The van der Waals surface area contributed by atoms with Gasteiger partial charge in [0, 0.05) is 17.6 Å². The third-order valence-electron chi connectivity index (χ3n) is 2.43. The molecular weight excluding hydrogens is 246 g/mol. The fourth-order valence-corrected chi connectivity index (χ4v) is 1.52. The van der Waals surface area contributed by atoms with Gasteiger partial charge in [-0.2, -0.15) is 0 Å². The first-order valence-corrected chi connectivity index (χ1v) is 6.09. The van der Waals surface area contributed by atoms with Crippen LogP contribution in [0, 0.1) is 0 Å². The van der Waals surface area contributed by atoms with E-state index in [-0.39, 0.29) is 12.1 Å². The minimum Gasteiger partial charge on any atom is -0.493 e. The van der Waals surface area contributed by atoms with Crippen LogP contribution in [-0.2, 0) is 11.3 Å². The van der Waals surface area contributed by atoms with Gasteiger partial charge in [0.15, 0.2) is 18.1 Å². The van der Waals surface area contributed by atoms with Crippen molar-refractivity contribution in [3.8, 4) is 11.5 Å². The first kappa shape index (κ1) is 15.3. The number of carboxylic acids is 1. The zero-order valence-electron chi connectivity index (χ0n) is 11.8. The molecule has 0 saturated carbocycles. The minimum atomic E-state index is -1.01. The average molecular weight is 267 g/mol. The van der Waals surface area contributed by atoms with E-state index in [9.17, 15) is 4.79 Å². The van der Waals surface area contributed by atoms with Crippen molar-refractivity contribution in [3.05, 3.63) is 23.8 Å². The third-order valence-corrected chi connectivity index (χ3v) is 2.43. The van der Waals surface area contributed by atoms with Crippen LogP contribution >= 0.6 is 0 Å². The second-order valence-corrected chi connectivity index (χ2v) is 5.23. The predicted octanol–water partition coefficient (Wildman–Crippen LogP) is 2.05. The zero-order chi connectivity index (χ0) is 14.5. The molecule has 0 amide bonds. The van der Waals surface area contributed by atoms with Gasteiger partial charge in [-0.05, 0) is 26.8 Å². The fraction of sp³-hybridized carbons (Fsp3) is 0.500. The molecule has 5 nitrogen and oxygen atoms in total. The van der Waals surface area contributed by atoms with Crippen molar-refractivity contribution >= 4 is 5.97 Å². The van der Waals surface area contributed by atoms with Crippen LogP contribution in [0.1, 0.15) is 26.3 Å². The highest BCUT2D eigenvalue weighted by Gasteiger charge is 2.15. The topological polar surface area (TPSA) is 67.8 Å². The molecule has 19 heavy (non-hydrogen) atoms. The van der Waals surface area contributed by atoms with E-state index < -0.39 is 5.97 Å². The van der Waals surface area contributed by atoms with Gasteiger partial charge in [-0.1, -0.05) is 12.1 Å². The van der Waals surface area contributed by atoms with Crippen LogP contribution < -0.4 is 14.8 Å². The van der Waals surface area contributed by atoms with Crippen LogP contribution in [0.15, 0.2) is 18.2 Å². The number of ether oxygens (including phenoxy) is 2. The molecule has 0 aliphatic heterocycles. The third kappa shape index (κ3) is 5.18. The summed E-state index contributed by atoms with van der Waals surface area (Å²) in [5.41, 5.74) is 0.836. The van der Waals surface area contributed by atoms with E-state index in [1.54, 1.807) is 6.07 Å². The van der Waals surface area contributed by atoms with Crippen molar-refractivity contribution in [2.24, 2.45) is 0 Å². The molecule has 106 valence electrons. The van der Waals surface area contributed by atoms with Crippen molar-refractivity contribution in [2.45, 2.75) is 32.9 Å². The van der Waals surface area contributed by atoms with Crippen LogP contribution in [-0.4, -0.2) is 30.3 Å². The molecule has 0 radical (unpaired) electrons. The molecule has 0 aliphatic rings. The van der Waals surface area contributed by atoms with Gasteiger partial charge in [0.2, 0.25) is 0 Å². The monoisotopic (exact) mass is 267 g/mol. The Morgan fingerprint density at radius 2 is 2.05 bits per heavy atom. The van der Waals surface area contributed by atoms with Crippen LogP contribution in [0.3, 0.4) is 0 Å². The van der Waals surface area contributed by atoms with Gasteiger partial charge < -0.3 is 19.9 Å². The van der Waals surface area contributed by atoms with Gasteiger partial charge in [0.1, 0.15) is 0 Å². The lowest BCUT2D eigenvalue weighted by Crippen LogP contribution is -2.35. The molecule has 0 unspecified atom stereocenters. The maximum absolute atomic E-state index is 10.6. The van der Waals surface area contributed by atoms with Gasteiger partial charge in [0.25, 0.3) is 0 Å². The maximum atomic E-state index is 10.6. The molecule has 0 bridgehead atoms. The summed E-state index contributed by atoms with van der Waals surface area (Å²) in [5, 5.41) is 12.0. The standard InChI is InChI=1S/C14H21NO4/c1-14(2,3)15-8-10-6-5-7-11(18-4)13(10)19-9-12(16)17/h5-7,15H,8-9H2,1-4H3,(H,16,17). The first-order chi connectivity index (χ1) is 8.83. The molecule has 0 saturated heterocycles. The number of rotatable bonds is 6. The number of carboxylic acid groups (broad SMARTS) is 1. The van der Waals surface area contributed by atoms with Gasteiger partial charge >= 0.3 is 5.97 Å². The molecule has 0 spiro atoms. The Kier molecular flexibility index (Phi) is 5.18. The van der Waals surface area contributed by atoms with E-state index in [2.05, 4.69) is 26.1 Å². The largest absolute Gasteiger partial charge is 0.493 e. The van der Waals surface area contributed by atoms with Crippen molar-refractivity contribution in [1.29, 1.82) is 0 Å². The molecule has 1 aromatic carbocycles. The highest BCUT2D eigenvalue weighted by atomic mass is 16.5. The van der Waals surface area contributed by atoms with Gasteiger partial charge in [-0.25, -0.2) is 4.79 Å². The second kappa shape index (κ2) is 6.43. The lowest BCUT2D eigenvalue weighted by Gasteiger charge is -2.22. The van der Waals surface area contributed by atoms with Crippen molar-refractivity contribution < 1.29 is 19.4 Å². The van der Waals surface area contributed by atoms with E-state index in [0.717, 1.165) is 5.56 Å². The number of benzene rings is 1. The molecule has 1 aromatic rings. The molecule has 5 heteroatoms. The van der Waals surface area contributed by atoms with E-state index in [4.69, 9.17) is 14.6 Å². The van der Waals surface area contributed by atoms with E-state index >= 15 is 0 Å². The van der Waals surface area contributed by atoms with Gasteiger partial charge in [-0.3, -0.25) is 0 Å². The SMILES string of the molecule is COc1cccc(CNC(C)(C)C)c1OCC(=O)O.